The lowest BCUT2D eigenvalue weighted by molar-refractivity contribution is -0.192. The number of carboxylic acids is 1. The standard InChI is InChI=1S/C14H25BrN2O4.C2HF3O2/c1-14(2,3)21-13(20)7-6-10(17-12(19)9-15)11(18)5-4-8-16;3-2(4,5)1(6)7/h10H,4-9,16H2,1-3H3,(H,17,19);(H,6,7)/t10-;/m1./s1. The molecule has 0 aliphatic carbocycles. The van der Waals surface area contributed by atoms with E-state index in [1.54, 1.807) is 20.8 Å². The van der Waals surface area contributed by atoms with Crippen LogP contribution in [0.25, 0.3) is 0 Å². The molecule has 0 saturated carbocycles. The van der Waals surface area contributed by atoms with E-state index in [2.05, 4.69) is 21.2 Å². The Bertz CT molecular complexity index is 535. The highest BCUT2D eigenvalue weighted by Crippen LogP contribution is 2.13. The van der Waals surface area contributed by atoms with Crippen molar-refractivity contribution in [3.8, 4) is 0 Å². The monoisotopic (exact) mass is 478 g/mol. The molecule has 164 valence electrons. The van der Waals surface area contributed by atoms with Crippen molar-refractivity contribution in [2.45, 2.75) is 64.3 Å². The van der Waals surface area contributed by atoms with Gasteiger partial charge in [-0.05, 0) is 40.2 Å². The first-order chi connectivity index (χ1) is 12.6. The summed E-state index contributed by atoms with van der Waals surface area (Å²) in [4.78, 5) is 44.0. The molecule has 0 aromatic heterocycles. The number of carboxylic acid groups (broad SMARTS) is 1. The molecule has 0 rings (SSSR count). The van der Waals surface area contributed by atoms with Gasteiger partial charge in [-0.3, -0.25) is 14.4 Å². The van der Waals surface area contributed by atoms with Crippen molar-refractivity contribution in [3.63, 3.8) is 0 Å². The van der Waals surface area contributed by atoms with Crippen LogP contribution in [0.15, 0.2) is 0 Å². The third-order valence-corrected chi connectivity index (χ3v) is 3.28. The highest BCUT2D eigenvalue weighted by Gasteiger charge is 2.38. The maximum atomic E-state index is 12.0. The summed E-state index contributed by atoms with van der Waals surface area (Å²) in [6.45, 7) is 5.75. The van der Waals surface area contributed by atoms with Gasteiger partial charge in [0.1, 0.15) is 5.60 Å². The molecule has 0 fully saturated rings. The first-order valence-corrected chi connectivity index (χ1v) is 9.36. The molecule has 0 aliphatic rings. The predicted octanol–water partition coefficient (Wildman–Crippen LogP) is 1.93. The van der Waals surface area contributed by atoms with Crippen LogP contribution < -0.4 is 11.1 Å². The fraction of sp³-hybridized carbons (Fsp3) is 0.750. The summed E-state index contributed by atoms with van der Waals surface area (Å²) in [6.07, 6.45) is -3.92. The Morgan fingerprint density at radius 3 is 2.00 bits per heavy atom. The Kier molecular flexibility index (Phi) is 13.7. The zero-order valence-electron chi connectivity index (χ0n) is 15.9. The highest BCUT2D eigenvalue weighted by molar-refractivity contribution is 9.09. The summed E-state index contributed by atoms with van der Waals surface area (Å²) in [6, 6.07) is -0.672. The summed E-state index contributed by atoms with van der Waals surface area (Å²) in [5.41, 5.74) is 4.81. The molecule has 0 heterocycles. The number of amides is 1. The number of halogens is 4. The van der Waals surface area contributed by atoms with Gasteiger partial charge >= 0.3 is 18.1 Å². The molecule has 0 aromatic carbocycles. The molecule has 28 heavy (non-hydrogen) atoms. The molecule has 0 aliphatic heterocycles. The van der Waals surface area contributed by atoms with Crippen molar-refractivity contribution in [1.82, 2.24) is 5.32 Å². The number of ketones is 1. The number of carbonyl (C=O) groups excluding carboxylic acids is 3. The number of alkyl halides is 4. The number of ether oxygens (including phenoxy) is 1. The second-order valence-electron chi connectivity index (χ2n) is 6.54. The molecule has 0 aromatic rings. The molecule has 0 unspecified atom stereocenters. The molecular formula is C16H26BrF3N2O6. The molecule has 8 nitrogen and oxygen atoms in total. The Morgan fingerprint density at radius 1 is 1.14 bits per heavy atom. The number of nitrogens with one attached hydrogen (secondary N) is 1. The third kappa shape index (κ3) is 16.5. The summed E-state index contributed by atoms with van der Waals surface area (Å²) in [5.74, 6) is -3.54. The number of esters is 1. The smallest absolute Gasteiger partial charge is 0.475 e. The largest absolute Gasteiger partial charge is 0.490 e. The van der Waals surface area contributed by atoms with Gasteiger partial charge in [0.25, 0.3) is 0 Å². The van der Waals surface area contributed by atoms with E-state index in [0.29, 0.717) is 13.0 Å². The van der Waals surface area contributed by atoms with Gasteiger partial charge in [0.05, 0.1) is 11.4 Å². The number of Topliss-reactive ketones (excluding diaryl/α,β-unsaturated/α-hetero) is 1. The summed E-state index contributed by atoms with van der Waals surface area (Å²) < 4.78 is 36.9. The van der Waals surface area contributed by atoms with Crippen LogP contribution in [0.3, 0.4) is 0 Å². The predicted molar refractivity (Wildman–Crippen MR) is 97.8 cm³/mol. The van der Waals surface area contributed by atoms with Crippen LogP contribution in [0, 0.1) is 0 Å². The average Bonchev–Trinajstić information content (AvgIpc) is 2.54. The van der Waals surface area contributed by atoms with Crippen LogP contribution in [0.5, 0.6) is 0 Å². The van der Waals surface area contributed by atoms with E-state index < -0.39 is 23.8 Å². The average molecular weight is 479 g/mol. The zero-order chi connectivity index (χ0) is 22.5. The number of carbonyl (C=O) groups is 4. The highest BCUT2D eigenvalue weighted by atomic mass is 79.9. The van der Waals surface area contributed by atoms with Crippen molar-refractivity contribution in [2.24, 2.45) is 5.73 Å². The van der Waals surface area contributed by atoms with Crippen molar-refractivity contribution in [3.05, 3.63) is 0 Å². The van der Waals surface area contributed by atoms with Crippen LogP contribution >= 0.6 is 15.9 Å². The summed E-state index contributed by atoms with van der Waals surface area (Å²) in [5, 5.41) is 9.85. The maximum absolute atomic E-state index is 12.0. The van der Waals surface area contributed by atoms with E-state index in [9.17, 15) is 27.6 Å². The number of hydrogen-bond donors (Lipinski definition) is 3. The van der Waals surface area contributed by atoms with E-state index >= 15 is 0 Å². The van der Waals surface area contributed by atoms with E-state index in [0.717, 1.165) is 0 Å². The maximum Gasteiger partial charge on any atom is 0.490 e. The lowest BCUT2D eigenvalue weighted by atomic mass is 10.0. The minimum atomic E-state index is -5.08. The normalized spacial score (nSPS) is 12.3. The van der Waals surface area contributed by atoms with Gasteiger partial charge in [0.2, 0.25) is 5.91 Å². The van der Waals surface area contributed by atoms with Crippen LogP contribution in [0.1, 0.15) is 46.5 Å². The van der Waals surface area contributed by atoms with Crippen LogP contribution in [0.2, 0.25) is 0 Å². The first-order valence-electron chi connectivity index (χ1n) is 8.24. The van der Waals surface area contributed by atoms with E-state index in [1.165, 1.54) is 0 Å². The zero-order valence-corrected chi connectivity index (χ0v) is 17.5. The molecule has 12 heteroatoms. The molecule has 0 spiro atoms. The lowest BCUT2D eigenvalue weighted by Gasteiger charge is -2.21. The summed E-state index contributed by atoms with van der Waals surface area (Å²) >= 11 is 3.03. The van der Waals surface area contributed by atoms with Gasteiger partial charge in [0.15, 0.2) is 5.78 Å². The second-order valence-corrected chi connectivity index (χ2v) is 7.10. The van der Waals surface area contributed by atoms with E-state index in [4.69, 9.17) is 20.4 Å². The Morgan fingerprint density at radius 2 is 1.64 bits per heavy atom. The molecule has 0 bridgehead atoms. The molecule has 0 radical (unpaired) electrons. The van der Waals surface area contributed by atoms with Gasteiger partial charge < -0.3 is 20.9 Å². The van der Waals surface area contributed by atoms with Crippen LogP contribution in [0.4, 0.5) is 13.2 Å². The van der Waals surface area contributed by atoms with Crippen LogP contribution in [-0.4, -0.2) is 58.4 Å². The van der Waals surface area contributed by atoms with Gasteiger partial charge in [0, 0.05) is 12.8 Å². The minimum Gasteiger partial charge on any atom is -0.475 e. The second kappa shape index (κ2) is 13.5. The quantitative estimate of drug-likeness (QED) is 0.340. The minimum absolute atomic E-state index is 0.0822. The summed E-state index contributed by atoms with van der Waals surface area (Å²) in [7, 11) is 0. The van der Waals surface area contributed by atoms with Crippen molar-refractivity contribution >= 4 is 39.6 Å². The van der Waals surface area contributed by atoms with Crippen molar-refractivity contribution in [1.29, 1.82) is 0 Å². The van der Waals surface area contributed by atoms with Gasteiger partial charge in [-0.15, -0.1) is 0 Å². The first kappa shape index (κ1) is 28.5. The molecule has 0 saturated heterocycles. The topological polar surface area (TPSA) is 136 Å². The number of hydrogen-bond acceptors (Lipinski definition) is 6. The third-order valence-electron chi connectivity index (χ3n) is 2.77. The van der Waals surface area contributed by atoms with E-state index in [-0.39, 0.29) is 42.3 Å². The fourth-order valence-corrected chi connectivity index (χ4v) is 1.81. The van der Waals surface area contributed by atoms with Crippen molar-refractivity contribution < 1.29 is 42.2 Å². The van der Waals surface area contributed by atoms with Crippen molar-refractivity contribution in [2.75, 3.05) is 11.9 Å². The fourth-order valence-electron chi connectivity index (χ4n) is 1.65. The van der Waals surface area contributed by atoms with Gasteiger partial charge in [-0.25, -0.2) is 4.79 Å². The molecule has 1 amide bonds. The number of nitrogens with two attached hydrogens (primary N) is 1. The molecule has 1 atom stereocenters. The lowest BCUT2D eigenvalue weighted by Crippen LogP contribution is -2.42. The number of rotatable bonds is 9. The van der Waals surface area contributed by atoms with Gasteiger partial charge in [-0.2, -0.15) is 13.2 Å². The Labute approximate surface area is 169 Å². The van der Waals surface area contributed by atoms with Gasteiger partial charge in [-0.1, -0.05) is 15.9 Å². The molecular weight excluding hydrogens is 453 g/mol. The van der Waals surface area contributed by atoms with Crippen LogP contribution in [-0.2, 0) is 23.9 Å². The molecule has 4 N–H and O–H groups in total. The Balaban J connectivity index is 0. The Hall–Kier alpha value is -1.69. The SMILES string of the molecule is CC(C)(C)OC(=O)CC[C@@H](NC(=O)CBr)C(=O)CCCN.O=C(O)C(F)(F)F. The van der Waals surface area contributed by atoms with E-state index in [1.807, 2.05) is 0 Å². The number of aliphatic carboxylic acids is 1.